The van der Waals surface area contributed by atoms with Crippen LogP contribution in [-0.4, -0.2) is 27.3 Å². The van der Waals surface area contributed by atoms with Crippen molar-refractivity contribution < 1.29 is 4.74 Å². The van der Waals surface area contributed by atoms with Gasteiger partial charge in [0.2, 0.25) is 0 Å². The first kappa shape index (κ1) is 15.1. The average molecular weight is 328 g/mol. The number of rotatable bonds is 5. The Morgan fingerprint density at radius 1 is 1.09 bits per heavy atom. The van der Waals surface area contributed by atoms with E-state index in [1.807, 2.05) is 36.4 Å². The number of nitrogens with zero attached hydrogens (tertiary/aromatic N) is 4. The third-order valence-electron chi connectivity index (χ3n) is 3.14. The summed E-state index contributed by atoms with van der Waals surface area (Å²) in [5.74, 6) is 1.42. The van der Waals surface area contributed by atoms with Crippen LogP contribution in [0.2, 0.25) is 5.02 Å². The number of halogens is 1. The fraction of sp³-hybridized carbons (Fsp3) is 0.0625. The number of benzene rings is 2. The third kappa shape index (κ3) is 3.67. The lowest BCUT2D eigenvalue weighted by Gasteiger charge is -2.03. The van der Waals surface area contributed by atoms with Crippen molar-refractivity contribution in [2.45, 2.75) is 0 Å². The standard InChI is InChI=1S/C16H14ClN5O/c1-23-15-8-4-13(5-9-15)18-11-10-16-19-20-21-22(16)14-6-2-12(17)3-7-14/h2-11,18H,1H3. The molecule has 0 unspecified atom stereocenters. The predicted molar refractivity (Wildman–Crippen MR) is 89.8 cm³/mol. The molecule has 0 aliphatic heterocycles. The number of anilines is 1. The molecule has 3 rings (SSSR count). The molecule has 0 aliphatic rings. The van der Waals surface area contributed by atoms with Crippen LogP contribution >= 0.6 is 11.6 Å². The van der Waals surface area contributed by atoms with E-state index in [0.29, 0.717) is 10.8 Å². The van der Waals surface area contributed by atoms with Crippen molar-refractivity contribution in [3.8, 4) is 11.4 Å². The normalized spacial score (nSPS) is 10.9. The topological polar surface area (TPSA) is 64.9 Å². The summed E-state index contributed by atoms with van der Waals surface area (Å²) in [5.41, 5.74) is 1.77. The summed E-state index contributed by atoms with van der Waals surface area (Å²) < 4.78 is 6.75. The van der Waals surface area contributed by atoms with Crippen molar-refractivity contribution >= 4 is 23.4 Å². The summed E-state index contributed by atoms with van der Waals surface area (Å²) in [6, 6.07) is 14.9. The molecule has 0 radical (unpaired) electrons. The highest BCUT2D eigenvalue weighted by Gasteiger charge is 2.04. The molecule has 1 heterocycles. The molecule has 0 aliphatic carbocycles. The van der Waals surface area contributed by atoms with E-state index in [4.69, 9.17) is 16.3 Å². The molecule has 0 bridgehead atoms. The van der Waals surface area contributed by atoms with Crippen molar-refractivity contribution in [3.63, 3.8) is 0 Å². The van der Waals surface area contributed by atoms with E-state index in [9.17, 15) is 0 Å². The molecule has 23 heavy (non-hydrogen) atoms. The van der Waals surface area contributed by atoms with Gasteiger partial charge >= 0.3 is 0 Å². The predicted octanol–water partition coefficient (Wildman–Crippen LogP) is 3.41. The van der Waals surface area contributed by atoms with Gasteiger partial charge in [0.25, 0.3) is 0 Å². The largest absolute Gasteiger partial charge is 0.497 e. The van der Waals surface area contributed by atoms with Gasteiger partial charge in [0.05, 0.1) is 12.8 Å². The molecule has 1 N–H and O–H groups in total. The lowest BCUT2D eigenvalue weighted by molar-refractivity contribution is 0.415. The van der Waals surface area contributed by atoms with Gasteiger partial charge in [-0.1, -0.05) is 11.6 Å². The van der Waals surface area contributed by atoms with Gasteiger partial charge in [0.1, 0.15) is 5.75 Å². The maximum Gasteiger partial charge on any atom is 0.181 e. The fourth-order valence-corrected chi connectivity index (χ4v) is 2.09. The van der Waals surface area contributed by atoms with Gasteiger partial charge < -0.3 is 10.1 Å². The van der Waals surface area contributed by atoms with Crippen LogP contribution in [0.5, 0.6) is 5.75 Å². The van der Waals surface area contributed by atoms with E-state index in [1.54, 1.807) is 36.2 Å². The SMILES string of the molecule is COc1ccc(NC=Cc2nnnn2-c2ccc(Cl)cc2)cc1. The summed E-state index contributed by atoms with van der Waals surface area (Å²) in [5, 5.41) is 15.5. The monoisotopic (exact) mass is 327 g/mol. The molecule has 7 heteroatoms. The minimum Gasteiger partial charge on any atom is -0.497 e. The zero-order valence-electron chi connectivity index (χ0n) is 12.3. The minimum absolute atomic E-state index is 0.605. The molecule has 0 spiro atoms. The van der Waals surface area contributed by atoms with E-state index in [-0.39, 0.29) is 0 Å². The Kier molecular flexibility index (Phi) is 4.54. The second kappa shape index (κ2) is 6.93. The number of methoxy groups -OCH3 is 1. The van der Waals surface area contributed by atoms with Crippen LogP contribution in [0, 0.1) is 0 Å². The Bertz CT molecular complexity index is 796. The number of nitrogens with one attached hydrogen (secondary N) is 1. The summed E-state index contributed by atoms with van der Waals surface area (Å²) in [6.45, 7) is 0. The second-order valence-electron chi connectivity index (χ2n) is 4.63. The van der Waals surface area contributed by atoms with E-state index < -0.39 is 0 Å². The van der Waals surface area contributed by atoms with Crippen molar-refractivity contribution in [2.24, 2.45) is 0 Å². The van der Waals surface area contributed by atoms with Crippen molar-refractivity contribution in [2.75, 3.05) is 12.4 Å². The van der Waals surface area contributed by atoms with Gasteiger partial charge in [-0.15, -0.1) is 5.10 Å². The van der Waals surface area contributed by atoms with Gasteiger partial charge in [-0.3, -0.25) is 0 Å². The zero-order chi connectivity index (χ0) is 16.1. The van der Waals surface area contributed by atoms with Crippen LogP contribution in [0.3, 0.4) is 0 Å². The van der Waals surface area contributed by atoms with E-state index in [0.717, 1.165) is 17.1 Å². The van der Waals surface area contributed by atoms with Crippen LogP contribution in [0.4, 0.5) is 5.69 Å². The maximum absolute atomic E-state index is 5.89. The van der Waals surface area contributed by atoms with Gasteiger partial charge in [-0.25, -0.2) is 0 Å². The molecule has 6 nitrogen and oxygen atoms in total. The van der Waals surface area contributed by atoms with Gasteiger partial charge in [0, 0.05) is 23.0 Å². The first-order chi connectivity index (χ1) is 11.3. The van der Waals surface area contributed by atoms with Crippen LogP contribution in [0.15, 0.2) is 54.7 Å². The van der Waals surface area contributed by atoms with E-state index in [1.165, 1.54) is 0 Å². The molecule has 3 aromatic rings. The molecule has 0 saturated carbocycles. The van der Waals surface area contributed by atoms with E-state index >= 15 is 0 Å². The van der Waals surface area contributed by atoms with Crippen LogP contribution < -0.4 is 10.1 Å². The Morgan fingerprint density at radius 3 is 2.52 bits per heavy atom. The number of ether oxygens (including phenoxy) is 1. The number of hydrogen-bond donors (Lipinski definition) is 1. The molecule has 2 aromatic carbocycles. The highest BCUT2D eigenvalue weighted by atomic mass is 35.5. The van der Waals surface area contributed by atoms with Crippen molar-refractivity contribution in [3.05, 3.63) is 65.6 Å². The molecule has 0 atom stereocenters. The molecule has 0 amide bonds. The third-order valence-corrected chi connectivity index (χ3v) is 3.39. The van der Waals surface area contributed by atoms with Gasteiger partial charge in [-0.05, 0) is 59.0 Å². The number of hydrogen-bond acceptors (Lipinski definition) is 5. The molecule has 1 aromatic heterocycles. The van der Waals surface area contributed by atoms with Crippen LogP contribution in [-0.2, 0) is 0 Å². The fourth-order valence-electron chi connectivity index (χ4n) is 1.96. The Labute approximate surface area is 138 Å². The van der Waals surface area contributed by atoms with Crippen LogP contribution in [0.1, 0.15) is 5.82 Å². The van der Waals surface area contributed by atoms with Crippen LogP contribution in [0.25, 0.3) is 11.8 Å². The molecular formula is C16H14ClN5O. The molecule has 116 valence electrons. The first-order valence-electron chi connectivity index (χ1n) is 6.88. The lowest BCUT2D eigenvalue weighted by Crippen LogP contribution is -1.99. The summed E-state index contributed by atoms with van der Waals surface area (Å²) in [6.07, 6.45) is 3.57. The average Bonchev–Trinajstić information content (AvgIpc) is 3.05. The van der Waals surface area contributed by atoms with E-state index in [2.05, 4.69) is 20.8 Å². The quantitative estimate of drug-likeness (QED) is 0.778. The molecule has 0 saturated heterocycles. The Balaban J connectivity index is 1.73. The second-order valence-corrected chi connectivity index (χ2v) is 5.07. The van der Waals surface area contributed by atoms with Crippen molar-refractivity contribution in [1.82, 2.24) is 20.2 Å². The lowest BCUT2D eigenvalue weighted by atomic mass is 10.3. The first-order valence-corrected chi connectivity index (χ1v) is 7.25. The Morgan fingerprint density at radius 2 is 1.83 bits per heavy atom. The highest BCUT2D eigenvalue weighted by Crippen LogP contribution is 2.16. The van der Waals surface area contributed by atoms with Crippen molar-refractivity contribution in [1.29, 1.82) is 0 Å². The maximum atomic E-state index is 5.89. The molecular weight excluding hydrogens is 314 g/mol. The summed E-state index contributed by atoms with van der Waals surface area (Å²) in [4.78, 5) is 0. The number of aromatic nitrogens is 4. The number of tetrazole rings is 1. The highest BCUT2D eigenvalue weighted by molar-refractivity contribution is 6.30. The van der Waals surface area contributed by atoms with Gasteiger partial charge in [-0.2, -0.15) is 4.68 Å². The molecule has 0 fully saturated rings. The minimum atomic E-state index is 0.605. The zero-order valence-corrected chi connectivity index (χ0v) is 13.1. The smallest absolute Gasteiger partial charge is 0.181 e. The Hall–Kier alpha value is -2.86. The summed E-state index contributed by atoms with van der Waals surface area (Å²) >= 11 is 5.89. The van der Waals surface area contributed by atoms with Gasteiger partial charge in [0.15, 0.2) is 5.82 Å². The summed E-state index contributed by atoms with van der Waals surface area (Å²) in [7, 11) is 1.64.